The van der Waals surface area contributed by atoms with Crippen LogP contribution < -0.4 is 5.43 Å². The van der Waals surface area contributed by atoms with Gasteiger partial charge in [-0.25, -0.2) is 8.78 Å². The van der Waals surface area contributed by atoms with Crippen molar-refractivity contribution in [2.45, 2.75) is 38.3 Å². The lowest BCUT2D eigenvalue weighted by Gasteiger charge is -2.38. The normalized spacial score (nSPS) is 20.4. The highest BCUT2D eigenvalue weighted by Gasteiger charge is 2.44. The molecular weight excluding hydrogens is 466 g/mol. The Morgan fingerprint density at radius 2 is 1.97 bits per heavy atom. The summed E-state index contributed by atoms with van der Waals surface area (Å²) in [5.41, 5.74) is -0.403. The molecule has 3 atom stereocenters. The van der Waals surface area contributed by atoms with Crippen LogP contribution in [0.5, 0.6) is 5.75 Å². The van der Waals surface area contributed by atoms with E-state index in [4.69, 9.17) is 4.74 Å². The van der Waals surface area contributed by atoms with Crippen molar-refractivity contribution in [2.24, 2.45) is 0 Å². The molecule has 0 aliphatic carbocycles. The highest BCUT2D eigenvalue weighted by Crippen LogP contribution is 2.38. The van der Waals surface area contributed by atoms with Gasteiger partial charge in [0.15, 0.2) is 16.5 Å². The molecule has 1 N–H and O–H groups in total. The number of hydrogen-bond donors (Lipinski definition) is 1. The van der Waals surface area contributed by atoms with Crippen molar-refractivity contribution >= 4 is 17.2 Å². The average Bonchev–Trinajstić information content (AvgIpc) is 3.48. The molecule has 5 rings (SSSR count). The Labute approximate surface area is 197 Å². The maximum Gasteiger partial charge on any atom is 0.274 e. The number of pyridine rings is 1. The number of aromatic nitrogens is 3. The molecule has 11 heteroatoms. The SMILES string of the molecule is CCC(c1nnc(-c2cn3c(c(O)c2=O)C(=O)N(CC)[C@H]2COCC23)s1)c1ccc(F)cc1F. The van der Waals surface area contributed by atoms with Gasteiger partial charge in [0, 0.05) is 24.7 Å². The van der Waals surface area contributed by atoms with Crippen LogP contribution in [0.3, 0.4) is 0 Å². The van der Waals surface area contributed by atoms with Crippen LogP contribution in [0.15, 0.2) is 29.2 Å². The summed E-state index contributed by atoms with van der Waals surface area (Å²) in [6.45, 7) is 4.82. The quantitative estimate of drug-likeness (QED) is 0.592. The van der Waals surface area contributed by atoms with Crippen molar-refractivity contribution in [1.29, 1.82) is 0 Å². The van der Waals surface area contributed by atoms with Gasteiger partial charge < -0.3 is 19.3 Å². The Hall–Kier alpha value is -3.18. The Morgan fingerprint density at radius 1 is 1.21 bits per heavy atom. The zero-order valence-electron chi connectivity index (χ0n) is 18.5. The number of rotatable bonds is 5. The monoisotopic (exact) mass is 488 g/mol. The van der Waals surface area contributed by atoms with Crippen molar-refractivity contribution in [3.8, 4) is 16.3 Å². The van der Waals surface area contributed by atoms with Crippen LogP contribution >= 0.6 is 11.3 Å². The number of halogens is 2. The van der Waals surface area contributed by atoms with Crippen molar-refractivity contribution in [2.75, 3.05) is 19.8 Å². The Kier molecular flexibility index (Phi) is 5.68. The molecule has 2 aliphatic heterocycles. The van der Waals surface area contributed by atoms with Gasteiger partial charge >= 0.3 is 0 Å². The fourth-order valence-corrected chi connectivity index (χ4v) is 5.85. The van der Waals surface area contributed by atoms with Crippen molar-refractivity contribution in [3.05, 3.63) is 62.5 Å². The summed E-state index contributed by atoms with van der Waals surface area (Å²) in [7, 11) is 0. The number of carbonyl (C=O) groups is 1. The summed E-state index contributed by atoms with van der Waals surface area (Å²) < 4.78 is 35.0. The van der Waals surface area contributed by atoms with Gasteiger partial charge in [0.1, 0.15) is 16.6 Å². The minimum atomic E-state index is -0.725. The third-order valence-corrected chi connectivity index (χ3v) is 7.58. The molecule has 1 amide bonds. The minimum Gasteiger partial charge on any atom is -0.503 e. The Balaban J connectivity index is 1.59. The molecule has 4 heterocycles. The molecule has 34 heavy (non-hydrogen) atoms. The Morgan fingerprint density at radius 3 is 2.68 bits per heavy atom. The average molecular weight is 489 g/mol. The van der Waals surface area contributed by atoms with Gasteiger partial charge in [0.25, 0.3) is 5.91 Å². The molecule has 2 unspecified atom stereocenters. The first-order valence-corrected chi connectivity index (χ1v) is 11.8. The highest BCUT2D eigenvalue weighted by molar-refractivity contribution is 7.14. The predicted molar refractivity (Wildman–Crippen MR) is 120 cm³/mol. The van der Waals surface area contributed by atoms with Gasteiger partial charge in [0.05, 0.1) is 30.9 Å². The van der Waals surface area contributed by atoms with E-state index >= 15 is 0 Å². The number of amides is 1. The lowest BCUT2D eigenvalue weighted by molar-refractivity contribution is 0.0571. The van der Waals surface area contributed by atoms with E-state index in [2.05, 4.69) is 10.2 Å². The third-order valence-electron chi connectivity index (χ3n) is 6.51. The number of carbonyl (C=O) groups excluding carboxylic acids is 1. The Bertz CT molecular complexity index is 1340. The summed E-state index contributed by atoms with van der Waals surface area (Å²) >= 11 is 1.10. The third kappa shape index (κ3) is 3.41. The molecule has 0 radical (unpaired) electrons. The number of benzene rings is 1. The lowest BCUT2D eigenvalue weighted by atomic mass is 9.97. The zero-order chi connectivity index (χ0) is 24.1. The number of fused-ring (bicyclic) bond motifs is 3. The number of nitrogens with zero attached hydrogens (tertiary/aromatic N) is 4. The second-order valence-corrected chi connectivity index (χ2v) is 9.32. The van der Waals surface area contributed by atoms with Gasteiger partial charge in [-0.2, -0.15) is 0 Å². The molecule has 0 bridgehead atoms. The first-order valence-electron chi connectivity index (χ1n) is 11.0. The van der Waals surface area contributed by atoms with Crippen LogP contribution in [0.1, 0.15) is 53.3 Å². The summed E-state index contributed by atoms with van der Waals surface area (Å²) in [6, 6.07) is 2.95. The zero-order valence-corrected chi connectivity index (χ0v) is 19.3. The number of ether oxygens (including phenoxy) is 1. The largest absolute Gasteiger partial charge is 0.503 e. The van der Waals surface area contributed by atoms with E-state index in [0.717, 1.165) is 17.4 Å². The van der Waals surface area contributed by atoms with E-state index in [9.17, 15) is 23.5 Å². The second kappa shape index (κ2) is 8.55. The van der Waals surface area contributed by atoms with Gasteiger partial charge in [-0.3, -0.25) is 9.59 Å². The van der Waals surface area contributed by atoms with Gasteiger partial charge in [-0.05, 0) is 25.0 Å². The van der Waals surface area contributed by atoms with Crippen LogP contribution in [0.4, 0.5) is 8.78 Å². The molecule has 3 aromatic rings. The van der Waals surface area contributed by atoms with E-state index < -0.39 is 34.6 Å². The molecule has 2 aliphatic rings. The van der Waals surface area contributed by atoms with Gasteiger partial charge in [-0.1, -0.05) is 24.3 Å². The molecule has 0 spiro atoms. The first kappa shape index (κ1) is 22.6. The molecular formula is C23H22F2N4O4S. The van der Waals surface area contributed by atoms with Crippen LogP contribution in [0.2, 0.25) is 0 Å². The molecule has 1 saturated heterocycles. The van der Waals surface area contributed by atoms with Crippen molar-refractivity contribution < 1.29 is 23.4 Å². The molecule has 178 valence electrons. The van der Waals surface area contributed by atoms with Crippen molar-refractivity contribution in [3.63, 3.8) is 0 Å². The fraction of sp³-hybridized carbons (Fsp3) is 0.391. The van der Waals surface area contributed by atoms with Gasteiger partial charge in [-0.15, -0.1) is 10.2 Å². The maximum absolute atomic E-state index is 14.4. The minimum absolute atomic E-state index is 0.0630. The topological polar surface area (TPSA) is 97.5 Å². The van der Waals surface area contributed by atoms with E-state index in [0.29, 0.717) is 31.2 Å². The number of hydrogen-bond acceptors (Lipinski definition) is 7. The summed E-state index contributed by atoms with van der Waals surface area (Å²) in [5, 5.41) is 19.7. The molecule has 0 saturated carbocycles. The maximum atomic E-state index is 14.4. The predicted octanol–water partition coefficient (Wildman–Crippen LogP) is 3.31. The molecule has 1 fully saturated rings. The van der Waals surface area contributed by atoms with Gasteiger partial charge in [0.2, 0.25) is 5.43 Å². The van der Waals surface area contributed by atoms with Crippen LogP contribution in [0.25, 0.3) is 10.6 Å². The van der Waals surface area contributed by atoms with E-state index in [-0.39, 0.29) is 33.9 Å². The van der Waals surface area contributed by atoms with E-state index in [1.807, 2.05) is 13.8 Å². The van der Waals surface area contributed by atoms with Crippen LogP contribution in [-0.2, 0) is 4.74 Å². The molecule has 1 aromatic carbocycles. The lowest BCUT2D eigenvalue weighted by Crippen LogP contribution is -2.51. The molecule has 2 aromatic heterocycles. The second-order valence-electron chi connectivity index (χ2n) is 8.31. The van der Waals surface area contributed by atoms with Crippen molar-refractivity contribution in [1.82, 2.24) is 19.7 Å². The smallest absolute Gasteiger partial charge is 0.274 e. The van der Waals surface area contributed by atoms with E-state index in [1.165, 1.54) is 18.3 Å². The van der Waals surface area contributed by atoms with Crippen LogP contribution in [0, 0.1) is 11.6 Å². The number of aromatic hydroxyl groups is 1. The van der Waals surface area contributed by atoms with E-state index in [1.54, 1.807) is 9.47 Å². The standard InChI is InChI=1S/C23H22F2N4O4S/c1-3-12(13-6-5-11(24)7-15(13)25)21-26-27-22(34-21)14-8-29-17-10-33-9-16(17)28(4-2)23(32)18(29)20(31)19(14)30/h5-8,12,16-17,31H,3-4,9-10H2,1-2H3/t12?,16-,17?/m0/s1. The molecule has 8 nitrogen and oxygen atoms in total. The number of likely N-dealkylation sites (N-methyl/N-ethyl adjacent to an activating group) is 1. The summed E-state index contributed by atoms with van der Waals surface area (Å²) in [5.74, 6) is -2.89. The van der Waals surface area contributed by atoms with Crippen LogP contribution in [-0.4, -0.2) is 56.5 Å². The summed E-state index contributed by atoms with van der Waals surface area (Å²) in [4.78, 5) is 27.7. The fourth-order valence-electron chi connectivity index (χ4n) is 4.80. The summed E-state index contributed by atoms with van der Waals surface area (Å²) in [6.07, 6.45) is 2.01. The highest BCUT2D eigenvalue weighted by atomic mass is 32.1. The first-order chi connectivity index (χ1) is 16.3.